The Hall–Kier alpha value is -3.02. The molecule has 0 radical (unpaired) electrons. The maximum absolute atomic E-state index is 12.8. The molecule has 1 aliphatic heterocycles. The Balaban J connectivity index is 1.93. The standard InChI is InChI=1S/C22H24N2O4/c1-4-17-19(21(25)27-5-2)20(22(26)28-6-3)18-11-14-13-9-7-8-10-15(13)23-16(14)12-24(17)18/h7-10,23H,4-6,11-12H2,1-3H3. The van der Waals surface area contributed by atoms with Gasteiger partial charge in [0.15, 0.2) is 0 Å². The number of ether oxygens (including phenoxy) is 2. The zero-order valence-corrected chi connectivity index (χ0v) is 16.4. The number of nitrogens with one attached hydrogen (secondary N) is 1. The van der Waals surface area contributed by atoms with Crippen LogP contribution in [0, 0.1) is 0 Å². The molecule has 28 heavy (non-hydrogen) atoms. The SMILES string of the molecule is CCOC(=O)c1c(C(=O)OCC)c2n(c1CC)Cc1[nH]c3ccccc3c1C2. The van der Waals surface area contributed by atoms with Gasteiger partial charge in [0.05, 0.1) is 30.9 Å². The van der Waals surface area contributed by atoms with E-state index >= 15 is 0 Å². The first kappa shape index (κ1) is 18.3. The Morgan fingerprint density at radius 2 is 1.71 bits per heavy atom. The summed E-state index contributed by atoms with van der Waals surface area (Å²) in [5.41, 5.74) is 5.73. The van der Waals surface area contributed by atoms with Gasteiger partial charge in [-0.25, -0.2) is 9.59 Å². The fraction of sp³-hybridized carbons (Fsp3) is 0.364. The first-order chi connectivity index (χ1) is 13.6. The number of H-pyrrole nitrogens is 1. The molecule has 0 unspecified atom stereocenters. The molecule has 3 heterocycles. The van der Waals surface area contributed by atoms with E-state index in [2.05, 4.69) is 21.7 Å². The van der Waals surface area contributed by atoms with Crippen molar-refractivity contribution in [3.05, 3.63) is 58.0 Å². The van der Waals surface area contributed by atoms with E-state index in [-0.39, 0.29) is 13.2 Å². The fourth-order valence-corrected chi connectivity index (χ4v) is 4.23. The van der Waals surface area contributed by atoms with Crippen molar-refractivity contribution >= 4 is 22.8 Å². The third kappa shape index (κ3) is 2.71. The van der Waals surface area contributed by atoms with E-state index in [1.165, 1.54) is 5.56 Å². The van der Waals surface area contributed by atoms with Crippen LogP contribution in [0.25, 0.3) is 10.9 Å². The lowest BCUT2D eigenvalue weighted by molar-refractivity contribution is 0.0478. The topological polar surface area (TPSA) is 73.3 Å². The van der Waals surface area contributed by atoms with Crippen LogP contribution in [-0.2, 0) is 28.9 Å². The van der Waals surface area contributed by atoms with Gasteiger partial charge < -0.3 is 19.0 Å². The lowest BCUT2D eigenvalue weighted by Crippen LogP contribution is -2.17. The molecule has 1 aliphatic rings. The van der Waals surface area contributed by atoms with Gasteiger partial charge in [-0.1, -0.05) is 25.1 Å². The number of hydrogen-bond donors (Lipinski definition) is 1. The molecular formula is C22H24N2O4. The van der Waals surface area contributed by atoms with Crippen LogP contribution in [0.1, 0.15) is 64.1 Å². The van der Waals surface area contributed by atoms with Crippen molar-refractivity contribution in [2.24, 2.45) is 0 Å². The van der Waals surface area contributed by atoms with Gasteiger partial charge in [-0.3, -0.25) is 0 Å². The molecule has 6 nitrogen and oxygen atoms in total. The quantitative estimate of drug-likeness (QED) is 0.534. The fourth-order valence-electron chi connectivity index (χ4n) is 4.23. The molecular weight excluding hydrogens is 356 g/mol. The molecule has 1 N–H and O–H groups in total. The van der Waals surface area contributed by atoms with Crippen LogP contribution >= 0.6 is 0 Å². The van der Waals surface area contributed by atoms with Gasteiger partial charge in [-0.05, 0) is 31.9 Å². The zero-order chi connectivity index (χ0) is 19.8. The second-order valence-corrected chi connectivity index (χ2v) is 6.83. The van der Waals surface area contributed by atoms with Crippen LogP contribution in [0.5, 0.6) is 0 Å². The molecule has 0 fully saturated rings. The highest BCUT2D eigenvalue weighted by atomic mass is 16.5. The number of aromatic amines is 1. The number of rotatable bonds is 5. The molecule has 0 amide bonds. The van der Waals surface area contributed by atoms with E-state index in [9.17, 15) is 9.59 Å². The van der Waals surface area contributed by atoms with E-state index in [0.29, 0.717) is 30.5 Å². The maximum atomic E-state index is 12.8. The van der Waals surface area contributed by atoms with Crippen LogP contribution in [0.4, 0.5) is 0 Å². The van der Waals surface area contributed by atoms with Gasteiger partial charge in [-0.2, -0.15) is 0 Å². The zero-order valence-electron chi connectivity index (χ0n) is 16.4. The highest BCUT2D eigenvalue weighted by Crippen LogP contribution is 2.36. The second-order valence-electron chi connectivity index (χ2n) is 6.83. The normalized spacial score (nSPS) is 12.5. The maximum Gasteiger partial charge on any atom is 0.340 e. The largest absolute Gasteiger partial charge is 0.462 e. The molecule has 4 rings (SSSR count). The van der Waals surface area contributed by atoms with Gasteiger partial charge in [0, 0.05) is 34.4 Å². The summed E-state index contributed by atoms with van der Waals surface area (Å²) >= 11 is 0. The molecule has 0 spiro atoms. The smallest absolute Gasteiger partial charge is 0.340 e. The summed E-state index contributed by atoms with van der Waals surface area (Å²) < 4.78 is 12.7. The minimum atomic E-state index is -0.461. The van der Waals surface area contributed by atoms with E-state index in [0.717, 1.165) is 28.0 Å². The van der Waals surface area contributed by atoms with E-state index in [4.69, 9.17) is 9.47 Å². The van der Waals surface area contributed by atoms with Crippen LogP contribution in [-0.4, -0.2) is 34.7 Å². The lowest BCUT2D eigenvalue weighted by atomic mass is 9.99. The molecule has 0 saturated carbocycles. The van der Waals surface area contributed by atoms with Crippen LogP contribution < -0.4 is 0 Å². The average molecular weight is 380 g/mol. The van der Waals surface area contributed by atoms with E-state index in [1.807, 2.05) is 19.1 Å². The van der Waals surface area contributed by atoms with Crippen LogP contribution in [0.2, 0.25) is 0 Å². The van der Waals surface area contributed by atoms with Crippen molar-refractivity contribution in [3.8, 4) is 0 Å². The Morgan fingerprint density at radius 3 is 2.39 bits per heavy atom. The number of carbonyl (C=O) groups is 2. The van der Waals surface area contributed by atoms with E-state index < -0.39 is 11.9 Å². The number of benzene rings is 1. The third-order valence-electron chi connectivity index (χ3n) is 5.34. The Kier molecular flexibility index (Phi) is 4.71. The number of para-hydroxylation sites is 1. The van der Waals surface area contributed by atoms with Gasteiger partial charge >= 0.3 is 11.9 Å². The number of esters is 2. The molecule has 6 heteroatoms. The van der Waals surface area contributed by atoms with Crippen molar-refractivity contribution in [3.63, 3.8) is 0 Å². The number of aromatic nitrogens is 2. The average Bonchev–Trinajstić information content (AvgIpc) is 3.21. The molecule has 0 aliphatic carbocycles. The minimum absolute atomic E-state index is 0.255. The number of nitrogens with zero attached hydrogens (tertiary/aromatic N) is 1. The molecule has 146 valence electrons. The Labute approximate surface area is 163 Å². The highest BCUT2D eigenvalue weighted by molar-refractivity contribution is 6.05. The molecule has 0 bridgehead atoms. The Bertz CT molecular complexity index is 1070. The first-order valence-electron chi connectivity index (χ1n) is 9.77. The van der Waals surface area contributed by atoms with Crippen molar-refractivity contribution in [1.82, 2.24) is 9.55 Å². The summed E-state index contributed by atoms with van der Waals surface area (Å²) in [5, 5.41) is 1.15. The van der Waals surface area contributed by atoms with Gasteiger partial charge in [-0.15, -0.1) is 0 Å². The molecule has 2 aromatic heterocycles. The molecule has 1 aromatic carbocycles. The molecule has 0 atom stereocenters. The van der Waals surface area contributed by atoms with Gasteiger partial charge in [0.2, 0.25) is 0 Å². The van der Waals surface area contributed by atoms with Gasteiger partial charge in [0.1, 0.15) is 0 Å². The summed E-state index contributed by atoms with van der Waals surface area (Å²) in [6, 6.07) is 8.16. The minimum Gasteiger partial charge on any atom is -0.462 e. The van der Waals surface area contributed by atoms with Gasteiger partial charge in [0.25, 0.3) is 0 Å². The lowest BCUT2D eigenvalue weighted by Gasteiger charge is -2.19. The summed E-state index contributed by atoms with van der Waals surface area (Å²) in [7, 11) is 0. The van der Waals surface area contributed by atoms with Crippen molar-refractivity contribution in [1.29, 1.82) is 0 Å². The third-order valence-corrected chi connectivity index (χ3v) is 5.34. The monoisotopic (exact) mass is 380 g/mol. The van der Waals surface area contributed by atoms with Crippen molar-refractivity contribution < 1.29 is 19.1 Å². The van der Waals surface area contributed by atoms with Crippen molar-refractivity contribution in [2.75, 3.05) is 13.2 Å². The summed E-state index contributed by atoms with van der Waals surface area (Å²) in [5.74, 6) is -0.921. The first-order valence-corrected chi connectivity index (χ1v) is 9.77. The van der Waals surface area contributed by atoms with E-state index in [1.54, 1.807) is 13.8 Å². The summed E-state index contributed by atoms with van der Waals surface area (Å²) in [4.78, 5) is 29.1. The summed E-state index contributed by atoms with van der Waals surface area (Å²) in [6.45, 7) is 6.62. The number of fused-ring (bicyclic) bond motifs is 4. The van der Waals surface area contributed by atoms with Crippen molar-refractivity contribution in [2.45, 2.75) is 40.2 Å². The highest BCUT2D eigenvalue weighted by Gasteiger charge is 2.35. The summed E-state index contributed by atoms with van der Waals surface area (Å²) in [6.07, 6.45) is 1.19. The number of carbonyl (C=O) groups excluding carboxylic acids is 2. The van der Waals surface area contributed by atoms with Crippen LogP contribution in [0.15, 0.2) is 24.3 Å². The molecule has 3 aromatic rings. The Morgan fingerprint density at radius 1 is 1.04 bits per heavy atom. The predicted molar refractivity (Wildman–Crippen MR) is 106 cm³/mol. The number of hydrogen-bond acceptors (Lipinski definition) is 4. The van der Waals surface area contributed by atoms with Crippen LogP contribution in [0.3, 0.4) is 0 Å². The predicted octanol–water partition coefficient (Wildman–Crippen LogP) is 3.84. The molecule has 0 saturated heterocycles. The second kappa shape index (κ2) is 7.19.